The predicted octanol–water partition coefficient (Wildman–Crippen LogP) is 4.41. The van der Waals surface area contributed by atoms with Gasteiger partial charge in [-0.2, -0.15) is 0 Å². The van der Waals surface area contributed by atoms with Crippen molar-refractivity contribution in [2.45, 2.75) is 79.1 Å². The molecule has 0 heterocycles. The van der Waals surface area contributed by atoms with Crippen LogP contribution in [-0.4, -0.2) is 66.4 Å². The van der Waals surface area contributed by atoms with Crippen molar-refractivity contribution in [3.05, 3.63) is 23.8 Å². The summed E-state index contributed by atoms with van der Waals surface area (Å²) >= 11 is 0. The van der Waals surface area contributed by atoms with Gasteiger partial charge in [-0.25, -0.2) is 19.2 Å². The third-order valence-corrected chi connectivity index (χ3v) is 5.22. The molecule has 13 heteroatoms. The number of hydrogen-bond acceptors (Lipinski definition) is 11. The van der Waals surface area contributed by atoms with Crippen LogP contribution >= 0.6 is 0 Å². The summed E-state index contributed by atoms with van der Waals surface area (Å²) < 4.78 is 30.4. The topological polar surface area (TPSA) is 173 Å². The summed E-state index contributed by atoms with van der Waals surface area (Å²) in [4.78, 5) is 60.6. The minimum Gasteiger partial charge on any atom is -0.480 e. The van der Waals surface area contributed by atoms with E-state index in [9.17, 15) is 29.1 Å². The molecule has 0 aliphatic carbocycles. The molecular weight excluding hydrogens is 518 g/mol. The van der Waals surface area contributed by atoms with Crippen molar-refractivity contribution in [1.29, 1.82) is 0 Å². The Kier molecular flexibility index (Phi) is 12.5. The Morgan fingerprint density at radius 2 is 1.46 bits per heavy atom. The van der Waals surface area contributed by atoms with E-state index >= 15 is 0 Å². The fourth-order valence-corrected chi connectivity index (χ4v) is 3.57. The van der Waals surface area contributed by atoms with Gasteiger partial charge in [0.25, 0.3) is 0 Å². The monoisotopic (exact) mass is 555 g/mol. The van der Waals surface area contributed by atoms with Gasteiger partial charge in [0.15, 0.2) is 11.5 Å². The van der Waals surface area contributed by atoms with E-state index in [1.165, 1.54) is 25.1 Å². The molecule has 0 spiro atoms. The highest BCUT2D eigenvalue weighted by Crippen LogP contribution is 2.38. The van der Waals surface area contributed by atoms with Crippen LogP contribution in [0, 0.1) is 5.92 Å². The van der Waals surface area contributed by atoms with Crippen molar-refractivity contribution < 1.29 is 57.5 Å². The first-order valence-electron chi connectivity index (χ1n) is 12.3. The van der Waals surface area contributed by atoms with E-state index in [-0.39, 0.29) is 30.3 Å². The van der Waals surface area contributed by atoms with Crippen LogP contribution < -0.4 is 14.8 Å². The lowest BCUT2D eigenvalue weighted by Gasteiger charge is -2.34. The molecule has 2 N–H and O–H groups in total. The number of esters is 1. The number of carbonyl (C=O) groups is 5. The molecular formula is C26H37NO12. The maximum absolute atomic E-state index is 12.6. The summed E-state index contributed by atoms with van der Waals surface area (Å²) in [6.07, 6.45) is -3.97. The predicted molar refractivity (Wildman–Crippen MR) is 136 cm³/mol. The summed E-state index contributed by atoms with van der Waals surface area (Å²) in [5.74, 6) is -4.27. The van der Waals surface area contributed by atoms with Crippen LogP contribution in [0.3, 0.4) is 0 Å². The standard InChI is InChI=1S/C26H37NO12/c1-9-34-24(32)37-18-12-11-17(13-19(18)38-25(33)35-10-2)20(14(3)15(4)36-16(5)28)21(22(29)30)27-23(31)39-26(6,7)8/h11-15,20-21H,9-10H2,1-8H3,(H,27,31)(H,29,30)/t14?,15?,20?,21-/m1/s1. The fraction of sp³-hybridized carbons (Fsp3) is 0.577. The zero-order valence-corrected chi connectivity index (χ0v) is 23.4. The van der Waals surface area contributed by atoms with E-state index in [1.54, 1.807) is 48.5 Å². The Hall–Kier alpha value is -4.03. The maximum atomic E-state index is 12.6. The number of amides is 1. The fourth-order valence-electron chi connectivity index (χ4n) is 3.57. The van der Waals surface area contributed by atoms with Crippen LogP contribution in [0.5, 0.6) is 11.5 Å². The van der Waals surface area contributed by atoms with Gasteiger partial charge in [-0.1, -0.05) is 13.0 Å². The zero-order valence-electron chi connectivity index (χ0n) is 23.4. The second-order valence-corrected chi connectivity index (χ2v) is 9.44. The van der Waals surface area contributed by atoms with Crippen LogP contribution in [-0.2, 0) is 28.5 Å². The molecule has 39 heavy (non-hydrogen) atoms. The molecule has 0 fully saturated rings. The molecule has 1 amide bonds. The van der Waals surface area contributed by atoms with Crippen molar-refractivity contribution in [2.75, 3.05) is 13.2 Å². The zero-order chi connectivity index (χ0) is 29.9. The van der Waals surface area contributed by atoms with E-state index in [1.807, 2.05) is 0 Å². The van der Waals surface area contributed by atoms with Crippen LogP contribution in [0.1, 0.15) is 66.9 Å². The van der Waals surface area contributed by atoms with Crippen LogP contribution in [0.4, 0.5) is 14.4 Å². The number of carboxylic acids is 1. The summed E-state index contributed by atoms with van der Waals surface area (Å²) in [7, 11) is 0. The first kappa shape index (κ1) is 33.0. The lowest BCUT2D eigenvalue weighted by Crippen LogP contribution is -2.49. The quantitative estimate of drug-likeness (QED) is 0.224. The third-order valence-electron chi connectivity index (χ3n) is 5.22. The molecule has 0 aliphatic heterocycles. The lowest BCUT2D eigenvalue weighted by molar-refractivity contribution is -0.148. The van der Waals surface area contributed by atoms with Crippen molar-refractivity contribution in [1.82, 2.24) is 5.32 Å². The number of hydrogen-bond donors (Lipinski definition) is 2. The van der Waals surface area contributed by atoms with Crippen molar-refractivity contribution >= 4 is 30.3 Å². The molecule has 0 aliphatic rings. The molecule has 0 aromatic heterocycles. The normalized spacial score (nSPS) is 14.1. The number of rotatable bonds is 11. The summed E-state index contributed by atoms with van der Waals surface area (Å²) in [5.41, 5.74) is -0.674. The molecule has 13 nitrogen and oxygen atoms in total. The Morgan fingerprint density at radius 1 is 0.923 bits per heavy atom. The van der Waals surface area contributed by atoms with Gasteiger partial charge in [-0.05, 0) is 59.2 Å². The van der Waals surface area contributed by atoms with E-state index < -0.39 is 59.9 Å². The van der Waals surface area contributed by atoms with Crippen LogP contribution in [0.2, 0.25) is 0 Å². The van der Waals surface area contributed by atoms with Crippen LogP contribution in [0.25, 0.3) is 0 Å². The molecule has 0 saturated carbocycles. The van der Waals surface area contributed by atoms with Gasteiger partial charge in [-0.15, -0.1) is 0 Å². The number of aliphatic carboxylic acids is 1. The van der Waals surface area contributed by atoms with E-state index in [0.717, 1.165) is 0 Å². The molecule has 0 saturated heterocycles. The van der Waals surface area contributed by atoms with Crippen LogP contribution in [0.15, 0.2) is 18.2 Å². The largest absolute Gasteiger partial charge is 0.513 e. The SMILES string of the molecule is CCOC(=O)Oc1ccc(C(C(C)C(C)OC(C)=O)[C@@H](NC(=O)OC(C)(C)C)C(=O)O)cc1OC(=O)OCC. The molecule has 218 valence electrons. The molecule has 1 aromatic carbocycles. The third kappa shape index (κ3) is 11.1. The summed E-state index contributed by atoms with van der Waals surface area (Å²) in [5, 5.41) is 12.5. The number of carboxylic acid groups (broad SMARTS) is 1. The minimum atomic E-state index is -1.58. The smallest absolute Gasteiger partial charge is 0.480 e. The average Bonchev–Trinajstić information content (AvgIpc) is 2.78. The number of nitrogens with one attached hydrogen (secondary N) is 1. The van der Waals surface area contributed by atoms with Crippen molar-refractivity contribution in [3.8, 4) is 11.5 Å². The first-order valence-corrected chi connectivity index (χ1v) is 12.3. The van der Waals surface area contributed by atoms with E-state index in [0.29, 0.717) is 0 Å². The van der Waals surface area contributed by atoms with Gasteiger partial charge in [-0.3, -0.25) is 4.79 Å². The van der Waals surface area contributed by atoms with Gasteiger partial charge in [0, 0.05) is 18.8 Å². The minimum absolute atomic E-state index is 0.00690. The van der Waals surface area contributed by atoms with Gasteiger partial charge >= 0.3 is 30.3 Å². The maximum Gasteiger partial charge on any atom is 0.513 e. The van der Waals surface area contributed by atoms with Gasteiger partial charge < -0.3 is 38.8 Å². The molecule has 4 atom stereocenters. The Bertz CT molecular complexity index is 1030. The number of alkyl carbamates (subject to hydrolysis) is 1. The molecule has 0 radical (unpaired) electrons. The molecule has 3 unspecified atom stereocenters. The molecule has 0 bridgehead atoms. The lowest BCUT2D eigenvalue weighted by atomic mass is 9.78. The molecule has 1 aromatic rings. The second-order valence-electron chi connectivity index (χ2n) is 9.44. The van der Waals surface area contributed by atoms with Gasteiger partial charge in [0.2, 0.25) is 0 Å². The van der Waals surface area contributed by atoms with Crippen molar-refractivity contribution in [2.24, 2.45) is 5.92 Å². The highest BCUT2D eigenvalue weighted by molar-refractivity contribution is 5.81. The van der Waals surface area contributed by atoms with Gasteiger partial charge in [0.05, 0.1) is 13.2 Å². The average molecular weight is 556 g/mol. The summed E-state index contributed by atoms with van der Waals surface area (Å²) in [6, 6.07) is 2.37. The van der Waals surface area contributed by atoms with E-state index in [4.69, 9.17) is 28.4 Å². The van der Waals surface area contributed by atoms with E-state index in [2.05, 4.69) is 5.32 Å². The van der Waals surface area contributed by atoms with Crippen molar-refractivity contribution in [3.63, 3.8) is 0 Å². The first-order chi connectivity index (χ1) is 18.1. The Morgan fingerprint density at radius 3 is 1.92 bits per heavy atom. The Balaban J connectivity index is 3.67. The van der Waals surface area contributed by atoms with Gasteiger partial charge in [0.1, 0.15) is 17.7 Å². The second kappa shape index (κ2) is 14.8. The highest BCUT2D eigenvalue weighted by atomic mass is 16.7. The number of ether oxygens (including phenoxy) is 6. The summed E-state index contributed by atoms with van der Waals surface area (Å²) in [6.45, 7) is 12.4. The number of carbonyl (C=O) groups excluding carboxylic acids is 4. The Labute approximate surface area is 227 Å². The molecule has 1 rings (SSSR count). The highest BCUT2D eigenvalue weighted by Gasteiger charge is 2.39. The number of benzene rings is 1.